The van der Waals surface area contributed by atoms with Crippen LogP contribution in [-0.2, 0) is 9.97 Å². The highest BCUT2D eigenvalue weighted by Gasteiger charge is 2.28. The molecule has 0 fully saturated rings. The third kappa shape index (κ3) is 1.35. The van der Waals surface area contributed by atoms with Crippen molar-refractivity contribution in [1.29, 1.82) is 0 Å². The summed E-state index contributed by atoms with van der Waals surface area (Å²) in [6.45, 7) is 4.25. The number of halogens is 1. The molecule has 1 N–H and O–H groups in total. The van der Waals surface area contributed by atoms with Gasteiger partial charge in [-0.15, -0.1) is 0 Å². The van der Waals surface area contributed by atoms with Crippen LogP contribution >= 0.6 is 22.6 Å². The van der Waals surface area contributed by atoms with Gasteiger partial charge in [-0.25, -0.2) is 0 Å². The lowest BCUT2D eigenvalue weighted by atomic mass is 9.94. The van der Waals surface area contributed by atoms with Gasteiger partial charge >= 0.3 is 0 Å². The molecule has 12 heavy (non-hydrogen) atoms. The molecule has 2 heterocycles. The van der Waals surface area contributed by atoms with Crippen molar-refractivity contribution in [3.8, 4) is 0 Å². The minimum absolute atomic E-state index is 0.230. The van der Waals surface area contributed by atoms with E-state index in [-0.39, 0.29) is 3.42 Å². The molecule has 64 valence electrons. The van der Waals surface area contributed by atoms with Gasteiger partial charge in [-0.3, -0.25) is 4.98 Å². The number of rotatable bonds is 0. The molecule has 2 rings (SSSR count). The molecular formula is C9H11IN2. The van der Waals surface area contributed by atoms with Crippen molar-refractivity contribution in [2.75, 3.05) is 6.54 Å². The Hall–Kier alpha value is -0.160. The van der Waals surface area contributed by atoms with E-state index in [4.69, 9.17) is 0 Å². The van der Waals surface area contributed by atoms with Gasteiger partial charge in [0.05, 0.1) is 3.42 Å². The Bertz CT molecular complexity index is 296. The van der Waals surface area contributed by atoms with Crippen molar-refractivity contribution in [3.63, 3.8) is 0 Å². The zero-order valence-electron chi connectivity index (χ0n) is 6.97. The lowest BCUT2D eigenvalue weighted by molar-refractivity contribution is 0.551. The number of alkyl halides is 1. The van der Waals surface area contributed by atoms with Crippen LogP contribution in [-0.4, -0.2) is 11.5 Å². The number of nitrogens with one attached hydrogen (secondary N) is 1. The van der Waals surface area contributed by atoms with Crippen LogP contribution in [0.1, 0.15) is 18.1 Å². The first kappa shape index (κ1) is 8.44. The van der Waals surface area contributed by atoms with Gasteiger partial charge in [0.1, 0.15) is 0 Å². The molecule has 1 aromatic rings. The number of hydrogen-bond donors (Lipinski definition) is 1. The Kier molecular flexibility index (Phi) is 2.08. The first-order valence-electron chi connectivity index (χ1n) is 4.03. The molecule has 0 amide bonds. The fourth-order valence-electron chi connectivity index (χ4n) is 1.60. The van der Waals surface area contributed by atoms with Crippen LogP contribution in [0.5, 0.6) is 0 Å². The van der Waals surface area contributed by atoms with Gasteiger partial charge < -0.3 is 5.32 Å². The maximum absolute atomic E-state index is 4.12. The molecule has 3 heteroatoms. The highest BCUT2D eigenvalue weighted by molar-refractivity contribution is 14.1. The summed E-state index contributed by atoms with van der Waals surface area (Å²) in [6, 6.07) is 2.13. The summed E-state index contributed by atoms with van der Waals surface area (Å²) in [5.74, 6) is 0. The molecule has 1 unspecified atom stereocenters. The average molecular weight is 274 g/mol. The number of nitrogens with zero attached hydrogens (tertiary/aromatic N) is 1. The number of aromatic nitrogens is 1. The van der Waals surface area contributed by atoms with E-state index in [1.807, 2.05) is 12.4 Å². The van der Waals surface area contributed by atoms with Crippen LogP contribution in [0.3, 0.4) is 0 Å². The normalized spacial score (nSPS) is 28.2. The molecule has 1 aromatic heterocycles. The SMILES string of the molecule is CC1(I)CNCc2cnccc21. The topological polar surface area (TPSA) is 24.9 Å². The summed E-state index contributed by atoms with van der Waals surface area (Å²) in [6.07, 6.45) is 3.83. The Balaban J connectivity index is 2.52. The molecule has 1 atom stereocenters. The Morgan fingerprint density at radius 3 is 3.25 bits per heavy atom. The first-order chi connectivity index (χ1) is 5.70. The summed E-state index contributed by atoms with van der Waals surface area (Å²) in [5.41, 5.74) is 2.76. The molecular weight excluding hydrogens is 263 g/mol. The molecule has 0 aliphatic carbocycles. The second-order valence-electron chi connectivity index (χ2n) is 3.33. The largest absolute Gasteiger partial charge is 0.311 e. The lowest BCUT2D eigenvalue weighted by Crippen LogP contribution is -2.36. The van der Waals surface area contributed by atoms with Crippen molar-refractivity contribution < 1.29 is 0 Å². The molecule has 0 saturated carbocycles. The average Bonchev–Trinajstić information content (AvgIpc) is 2.04. The molecule has 1 aliphatic heterocycles. The Morgan fingerprint density at radius 1 is 1.67 bits per heavy atom. The predicted octanol–water partition coefficient (Wildman–Crippen LogP) is 1.83. The van der Waals surface area contributed by atoms with E-state index in [0.29, 0.717) is 0 Å². The van der Waals surface area contributed by atoms with E-state index >= 15 is 0 Å². The quantitative estimate of drug-likeness (QED) is 0.576. The summed E-state index contributed by atoms with van der Waals surface area (Å²) < 4.78 is 0.230. The van der Waals surface area contributed by atoms with Gasteiger partial charge in [-0.1, -0.05) is 22.6 Å². The smallest absolute Gasteiger partial charge is 0.0570 e. The van der Waals surface area contributed by atoms with Crippen LogP contribution in [0.2, 0.25) is 0 Å². The maximum atomic E-state index is 4.12. The second-order valence-corrected chi connectivity index (χ2v) is 5.71. The van der Waals surface area contributed by atoms with E-state index < -0.39 is 0 Å². The van der Waals surface area contributed by atoms with Crippen molar-refractivity contribution in [1.82, 2.24) is 10.3 Å². The fourth-order valence-corrected chi connectivity index (χ4v) is 2.40. The third-order valence-electron chi connectivity index (χ3n) is 2.24. The second kappa shape index (κ2) is 2.96. The van der Waals surface area contributed by atoms with Crippen LogP contribution in [0.4, 0.5) is 0 Å². The molecule has 0 spiro atoms. The van der Waals surface area contributed by atoms with Gasteiger partial charge in [-0.05, 0) is 24.1 Å². The molecule has 0 bridgehead atoms. The van der Waals surface area contributed by atoms with Crippen LogP contribution < -0.4 is 5.32 Å². The Morgan fingerprint density at radius 2 is 2.50 bits per heavy atom. The number of fused-ring (bicyclic) bond motifs is 1. The van der Waals surface area contributed by atoms with Crippen molar-refractivity contribution in [3.05, 3.63) is 29.6 Å². The maximum Gasteiger partial charge on any atom is 0.0570 e. The molecule has 2 nitrogen and oxygen atoms in total. The third-order valence-corrected chi connectivity index (χ3v) is 3.20. The highest BCUT2D eigenvalue weighted by atomic mass is 127. The van der Waals surface area contributed by atoms with E-state index in [2.05, 4.69) is 45.9 Å². The van der Waals surface area contributed by atoms with Gasteiger partial charge in [0.15, 0.2) is 0 Å². The zero-order chi connectivity index (χ0) is 8.60. The van der Waals surface area contributed by atoms with E-state index in [1.54, 1.807) is 0 Å². The number of pyridine rings is 1. The summed E-state index contributed by atoms with van der Waals surface area (Å²) in [4.78, 5) is 4.12. The molecule has 0 saturated heterocycles. The molecule has 1 aliphatic rings. The van der Waals surface area contributed by atoms with Crippen LogP contribution in [0.25, 0.3) is 0 Å². The van der Waals surface area contributed by atoms with Gasteiger partial charge in [0, 0.05) is 25.5 Å². The zero-order valence-corrected chi connectivity index (χ0v) is 9.13. The summed E-state index contributed by atoms with van der Waals surface area (Å²) in [7, 11) is 0. The van der Waals surface area contributed by atoms with Crippen molar-refractivity contribution in [2.45, 2.75) is 16.9 Å². The molecule has 0 aromatic carbocycles. The van der Waals surface area contributed by atoms with Crippen LogP contribution in [0.15, 0.2) is 18.5 Å². The minimum Gasteiger partial charge on any atom is -0.311 e. The lowest BCUT2D eigenvalue weighted by Gasteiger charge is -2.30. The van der Waals surface area contributed by atoms with Gasteiger partial charge in [0.2, 0.25) is 0 Å². The number of hydrogen-bond acceptors (Lipinski definition) is 2. The van der Waals surface area contributed by atoms with Gasteiger partial charge in [-0.2, -0.15) is 0 Å². The summed E-state index contributed by atoms with van der Waals surface area (Å²) in [5, 5.41) is 3.38. The predicted molar refractivity (Wildman–Crippen MR) is 57.3 cm³/mol. The standard InChI is InChI=1S/C9H11IN2/c1-9(10)6-12-5-7-4-11-3-2-8(7)9/h2-4,12H,5-6H2,1H3. The van der Waals surface area contributed by atoms with Gasteiger partial charge in [0.25, 0.3) is 0 Å². The van der Waals surface area contributed by atoms with E-state index in [1.165, 1.54) is 11.1 Å². The monoisotopic (exact) mass is 274 g/mol. The van der Waals surface area contributed by atoms with Crippen molar-refractivity contribution in [2.24, 2.45) is 0 Å². The van der Waals surface area contributed by atoms with Crippen LogP contribution in [0, 0.1) is 0 Å². The first-order valence-corrected chi connectivity index (χ1v) is 5.11. The van der Waals surface area contributed by atoms with E-state index in [0.717, 1.165) is 13.1 Å². The fraction of sp³-hybridized carbons (Fsp3) is 0.444. The Labute approximate surface area is 85.9 Å². The summed E-state index contributed by atoms with van der Waals surface area (Å²) >= 11 is 2.49. The van der Waals surface area contributed by atoms with E-state index in [9.17, 15) is 0 Å². The minimum atomic E-state index is 0.230. The highest BCUT2D eigenvalue weighted by Crippen LogP contribution is 2.35. The van der Waals surface area contributed by atoms with Crippen molar-refractivity contribution >= 4 is 22.6 Å². The molecule has 0 radical (unpaired) electrons.